The topological polar surface area (TPSA) is 71.2 Å². The molecule has 1 heterocycles. The lowest BCUT2D eigenvalue weighted by Gasteiger charge is -2.17. The van der Waals surface area contributed by atoms with E-state index in [0.717, 1.165) is 16.5 Å². The molecule has 0 aliphatic heterocycles. The van der Waals surface area contributed by atoms with Crippen molar-refractivity contribution in [1.29, 1.82) is 0 Å². The van der Waals surface area contributed by atoms with Crippen LogP contribution in [-0.4, -0.2) is 29.5 Å². The molecule has 3 aromatic rings. The molecule has 1 unspecified atom stereocenters. The number of hydrogen-bond donors (Lipinski definition) is 2. The minimum atomic E-state index is -0.812. The summed E-state index contributed by atoms with van der Waals surface area (Å²) in [5.74, 6) is -0.834. The van der Waals surface area contributed by atoms with Crippen molar-refractivity contribution in [3.05, 3.63) is 69.8 Å². The van der Waals surface area contributed by atoms with Crippen LogP contribution in [0, 0.1) is 0 Å². The predicted molar refractivity (Wildman–Crippen MR) is 111 cm³/mol. The number of benzene rings is 2. The van der Waals surface area contributed by atoms with E-state index in [1.807, 2.05) is 30.5 Å². The second-order valence-electron chi connectivity index (χ2n) is 6.31. The Morgan fingerprint density at radius 2 is 1.82 bits per heavy atom. The van der Waals surface area contributed by atoms with E-state index in [0.29, 0.717) is 22.0 Å². The van der Waals surface area contributed by atoms with E-state index in [1.165, 1.54) is 0 Å². The quantitative estimate of drug-likeness (QED) is 0.561. The molecule has 1 aromatic heterocycles. The average Bonchev–Trinajstić information content (AvgIpc) is 3.07. The number of carbonyl (C=O) groups excluding carboxylic acids is 2. The van der Waals surface area contributed by atoms with Crippen molar-refractivity contribution in [3.63, 3.8) is 0 Å². The van der Waals surface area contributed by atoms with Crippen LogP contribution in [0.3, 0.4) is 0 Å². The van der Waals surface area contributed by atoms with Crippen LogP contribution in [0.15, 0.2) is 48.7 Å². The Hall–Kier alpha value is -2.50. The van der Waals surface area contributed by atoms with Crippen LogP contribution in [0.1, 0.15) is 18.1 Å². The number of fused-ring (bicyclic) bond motifs is 1. The van der Waals surface area contributed by atoms with Crippen LogP contribution in [0.25, 0.3) is 10.9 Å². The molecule has 2 N–H and O–H groups in total. The number of amides is 1. The monoisotopic (exact) mass is 418 g/mol. The van der Waals surface area contributed by atoms with Gasteiger partial charge in [-0.25, -0.2) is 4.79 Å². The molecule has 0 bridgehead atoms. The van der Waals surface area contributed by atoms with Crippen molar-refractivity contribution < 1.29 is 14.3 Å². The summed E-state index contributed by atoms with van der Waals surface area (Å²) in [6.45, 7) is 1.96. The van der Waals surface area contributed by atoms with Crippen LogP contribution >= 0.6 is 23.2 Å². The summed E-state index contributed by atoms with van der Waals surface area (Å²) >= 11 is 12.3. The zero-order chi connectivity index (χ0) is 20.1. The molecule has 0 fully saturated rings. The second kappa shape index (κ2) is 9.13. The molecular weight excluding hydrogens is 399 g/mol. The van der Waals surface area contributed by atoms with Crippen molar-refractivity contribution in [2.45, 2.75) is 25.8 Å². The molecule has 1 atom stereocenters. The molecule has 146 valence electrons. The Bertz CT molecular complexity index is 980. The Balaban J connectivity index is 1.78. The highest BCUT2D eigenvalue weighted by atomic mass is 35.5. The van der Waals surface area contributed by atoms with E-state index in [-0.39, 0.29) is 18.9 Å². The molecule has 5 nitrogen and oxygen atoms in total. The molecule has 7 heteroatoms. The fourth-order valence-electron chi connectivity index (χ4n) is 3.06. The van der Waals surface area contributed by atoms with E-state index in [2.05, 4.69) is 10.3 Å². The summed E-state index contributed by atoms with van der Waals surface area (Å²) in [6, 6.07) is 12.0. The molecule has 0 saturated heterocycles. The van der Waals surface area contributed by atoms with Gasteiger partial charge in [-0.3, -0.25) is 4.79 Å². The van der Waals surface area contributed by atoms with Gasteiger partial charge in [0.25, 0.3) is 0 Å². The molecule has 0 aliphatic carbocycles. The fraction of sp³-hybridized carbons (Fsp3) is 0.238. The minimum Gasteiger partial charge on any atom is -0.464 e. The summed E-state index contributed by atoms with van der Waals surface area (Å²) in [6.07, 6.45) is 2.13. The summed E-state index contributed by atoms with van der Waals surface area (Å²) in [7, 11) is 0. The van der Waals surface area contributed by atoms with Gasteiger partial charge in [-0.05, 0) is 36.2 Å². The molecule has 0 spiro atoms. The van der Waals surface area contributed by atoms with Gasteiger partial charge >= 0.3 is 5.97 Å². The lowest BCUT2D eigenvalue weighted by molar-refractivity contribution is -0.147. The number of carbonyl (C=O) groups is 2. The van der Waals surface area contributed by atoms with Crippen LogP contribution in [-0.2, 0) is 27.2 Å². The van der Waals surface area contributed by atoms with Crippen molar-refractivity contribution in [2.24, 2.45) is 0 Å². The number of H-pyrrole nitrogens is 1. The van der Waals surface area contributed by atoms with Gasteiger partial charge in [-0.2, -0.15) is 0 Å². The van der Waals surface area contributed by atoms with Gasteiger partial charge < -0.3 is 15.0 Å². The maximum atomic E-state index is 12.6. The van der Waals surface area contributed by atoms with E-state index in [1.54, 1.807) is 25.1 Å². The number of ether oxygens (including phenoxy) is 1. The largest absolute Gasteiger partial charge is 0.464 e. The molecule has 0 aliphatic rings. The maximum Gasteiger partial charge on any atom is 0.328 e. The maximum absolute atomic E-state index is 12.6. The van der Waals surface area contributed by atoms with Gasteiger partial charge in [0.15, 0.2) is 0 Å². The number of nitrogens with one attached hydrogen (secondary N) is 2. The third-order valence-corrected chi connectivity index (χ3v) is 5.11. The van der Waals surface area contributed by atoms with Crippen LogP contribution in [0.5, 0.6) is 0 Å². The fourth-order valence-corrected chi connectivity index (χ4v) is 3.59. The average molecular weight is 419 g/mol. The van der Waals surface area contributed by atoms with Crippen molar-refractivity contribution in [2.75, 3.05) is 6.61 Å². The van der Waals surface area contributed by atoms with E-state index in [9.17, 15) is 9.59 Å². The van der Waals surface area contributed by atoms with E-state index < -0.39 is 12.0 Å². The highest BCUT2D eigenvalue weighted by Crippen LogP contribution is 2.25. The Kier molecular flexibility index (Phi) is 6.60. The predicted octanol–water partition coefficient (Wildman–Crippen LogP) is 4.31. The molecule has 2 aromatic carbocycles. The van der Waals surface area contributed by atoms with Crippen LogP contribution < -0.4 is 5.32 Å². The highest BCUT2D eigenvalue weighted by molar-refractivity contribution is 6.36. The van der Waals surface area contributed by atoms with Gasteiger partial charge in [-0.15, -0.1) is 0 Å². The summed E-state index contributed by atoms with van der Waals surface area (Å²) in [4.78, 5) is 28.2. The summed E-state index contributed by atoms with van der Waals surface area (Å²) in [5, 5.41) is 4.58. The van der Waals surface area contributed by atoms with Crippen molar-refractivity contribution in [1.82, 2.24) is 10.3 Å². The highest BCUT2D eigenvalue weighted by Gasteiger charge is 2.24. The van der Waals surface area contributed by atoms with Gasteiger partial charge in [0.2, 0.25) is 5.91 Å². The number of halogens is 2. The Labute approximate surface area is 173 Å². The van der Waals surface area contributed by atoms with E-state index in [4.69, 9.17) is 27.9 Å². The molecule has 0 radical (unpaired) electrons. The third kappa shape index (κ3) is 4.66. The number of aromatic nitrogens is 1. The van der Waals surface area contributed by atoms with Gasteiger partial charge in [0, 0.05) is 33.6 Å². The lowest BCUT2D eigenvalue weighted by Crippen LogP contribution is -2.44. The summed E-state index contributed by atoms with van der Waals surface area (Å²) in [5.41, 5.74) is 2.41. The zero-order valence-corrected chi connectivity index (χ0v) is 16.8. The molecule has 1 amide bonds. The first-order valence-electron chi connectivity index (χ1n) is 8.93. The van der Waals surface area contributed by atoms with Gasteiger partial charge in [-0.1, -0.05) is 47.5 Å². The second-order valence-corrected chi connectivity index (χ2v) is 7.13. The minimum absolute atomic E-state index is 0.0255. The molecular formula is C21H20Cl2N2O3. The third-order valence-electron chi connectivity index (χ3n) is 4.40. The number of aromatic amines is 1. The molecule has 3 rings (SSSR count). The lowest BCUT2D eigenvalue weighted by atomic mass is 10.0. The first-order valence-corrected chi connectivity index (χ1v) is 9.69. The first kappa shape index (κ1) is 20.2. The number of hydrogen-bond acceptors (Lipinski definition) is 3. The Morgan fingerprint density at radius 3 is 2.54 bits per heavy atom. The Morgan fingerprint density at radius 1 is 1.11 bits per heavy atom. The van der Waals surface area contributed by atoms with Crippen LogP contribution in [0.2, 0.25) is 10.0 Å². The number of rotatable bonds is 7. The molecule has 28 heavy (non-hydrogen) atoms. The number of para-hydroxylation sites is 1. The van der Waals surface area contributed by atoms with Crippen LogP contribution in [0.4, 0.5) is 0 Å². The van der Waals surface area contributed by atoms with Gasteiger partial charge in [0.1, 0.15) is 6.04 Å². The summed E-state index contributed by atoms with van der Waals surface area (Å²) < 4.78 is 5.15. The van der Waals surface area contributed by atoms with E-state index >= 15 is 0 Å². The van der Waals surface area contributed by atoms with Crippen molar-refractivity contribution in [3.8, 4) is 0 Å². The zero-order valence-electron chi connectivity index (χ0n) is 15.3. The molecule has 0 saturated carbocycles. The van der Waals surface area contributed by atoms with Gasteiger partial charge in [0.05, 0.1) is 13.0 Å². The first-order chi connectivity index (χ1) is 13.5. The SMILES string of the molecule is CCOC(=O)C(Cc1c[nH]c2ccccc12)NC(=O)Cc1c(Cl)cccc1Cl. The smallest absolute Gasteiger partial charge is 0.328 e. The number of esters is 1. The van der Waals surface area contributed by atoms with Crippen molar-refractivity contribution >= 4 is 46.0 Å². The standard InChI is InChI=1S/C21H20Cl2N2O3/c1-2-28-21(27)19(10-13-12-24-18-9-4-3-6-14(13)18)25-20(26)11-15-16(22)7-5-8-17(15)23/h3-9,12,19,24H,2,10-11H2,1H3,(H,25,26). The normalized spacial score (nSPS) is 12.0.